The molecule has 10 heteroatoms. The van der Waals surface area contributed by atoms with E-state index in [0.29, 0.717) is 6.42 Å². The van der Waals surface area contributed by atoms with Gasteiger partial charge in [0.05, 0.1) is 13.0 Å². The molecule has 0 bridgehead atoms. The van der Waals surface area contributed by atoms with Crippen molar-refractivity contribution in [3.05, 3.63) is 48.0 Å². The van der Waals surface area contributed by atoms with Crippen molar-refractivity contribution < 1.29 is 39.2 Å². The number of carbonyl (C=O) groups is 3. The van der Waals surface area contributed by atoms with Gasteiger partial charge in [-0.3, -0.25) is 14.4 Å². The summed E-state index contributed by atoms with van der Waals surface area (Å²) in [5.41, 5.74) is 0.556. The van der Waals surface area contributed by atoms with Crippen LogP contribution in [0.2, 0.25) is 0 Å². The summed E-state index contributed by atoms with van der Waals surface area (Å²) in [5, 5.41) is 36.1. The normalized spacial score (nSPS) is 22.1. The number of hydrogen-bond donors (Lipinski definition) is 5. The van der Waals surface area contributed by atoms with Crippen LogP contribution in [-0.2, 0) is 30.3 Å². The maximum atomic E-state index is 12.8. The van der Waals surface area contributed by atoms with Crippen LogP contribution in [0.15, 0.2) is 42.5 Å². The van der Waals surface area contributed by atoms with E-state index in [1.165, 1.54) is 13.2 Å². The van der Waals surface area contributed by atoms with Crippen LogP contribution in [0, 0.1) is 5.41 Å². The summed E-state index contributed by atoms with van der Waals surface area (Å²) in [5.74, 6) is -1.71. The van der Waals surface area contributed by atoms with Gasteiger partial charge in [-0.1, -0.05) is 63.3 Å². The first-order valence-corrected chi connectivity index (χ1v) is 12.0. The van der Waals surface area contributed by atoms with Gasteiger partial charge in [0, 0.05) is 7.11 Å². The van der Waals surface area contributed by atoms with Crippen molar-refractivity contribution >= 4 is 17.8 Å². The summed E-state index contributed by atoms with van der Waals surface area (Å²) in [6, 6.07) is 8.19. The minimum atomic E-state index is -1.75. The standard InChI is InChI=1S/C26H38N2O8/c1-26(2,3)13-12-19(29)21(31)22(32)23(35-4)25(34)28-18-11-10-17(15-27-24(18)33)36-20(30)14-16-8-6-5-7-9-16/h5-9,12-13,17-19,21-23,29,31-32H,10-11,14-15H2,1-4H3,(H,27,33)(H,28,34)/b13-12+/t17-,18+,19-,21+,22-,23-/m1/s1. The average Bonchev–Trinajstić information content (AvgIpc) is 2.98. The second-order valence-electron chi connectivity index (χ2n) is 10.0. The lowest BCUT2D eigenvalue weighted by Crippen LogP contribution is -2.55. The lowest BCUT2D eigenvalue weighted by Gasteiger charge is -2.28. The molecule has 5 N–H and O–H groups in total. The largest absolute Gasteiger partial charge is 0.460 e. The number of hydrogen-bond acceptors (Lipinski definition) is 8. The van der Waals surface area contributed by atoms with E-state index >= 15 is 0 Å². The molecule has 1 heterocycles. The van der Waals surface area contributed by atoms with Crippen LogP contribution in [0.3, 0.4) is 0 Å². The highest BCUT2D eigenvalue weighted by Crippen LogP contribution is 2.17. The van der Waals surface area contributed by atoms with Crippen LogP contribution < -0.4 is 10.6 Å². The van der Waals surface area contributed by atoms with Crippen LogP contribution in [0.1, 0.15) is 39.2 Å². The molecule has 1 saturated heterocycles. The minimum Gasteiger partial charge on any atom is -0.460 e. The fraction of sp³-hybridized carbons (Fsp3) is 0.577. The van der Waals surface area contributed by atoms with E-state index in [-0.39, 0.29) is 24.8 Å². The van der Waals surface area contributed by atoms with Crippen molar-refractivity contribution in [2.45, 2.75) is 76.6 Å². The molecule has 1 aromatic rings. The second-order valence-corrected chi connectivity index (χ2v) is 10.0. The third kappa shape index (κ3) is 9.34. The van der Waals surface area contributed by atoms with E-state index in [4.69, 9.17) is 9.47 Å². The molecule has 0 unspecified atom stereocenters. The molecule has 1 aliphatic heterocycles. The molecule has 1 fully saturated rings. The van der Waals surface area contributed by atoms with Gasteiger partial charge in [0.2, 0.25) is 5.91 Å². The Morgan fingerprint density at radius 3 is 2.42 bits per heavy atom. The monoisotopic (exact) mass is 506 g/mol. The smallest absolute Gasteiger partial charge is 0.310 e. The van der Waals surface area contributed by atoms with Gasteiger partial charge in [-0.25, -0.2) is 0 Å². The Morgan fingerprint density at radius 1 is 1.14 bits per heavy atom. The maximum Gasteiger partial charge on any atom is 0.310 e. The molecule has 2 amide bonds. The number of esters is 1. The van der Waals surface area contributed by atoms with Gasteiger partial charge in [-0.2, -0.15) is 0 Å². The number of carbonyl (C=O) groups excluding carboxylic acids is 3. The number of benzene rings is 1. The molecule has 0 saturated carbocycles. The van der Waals surface area contributed by atoms with E-state index in [9.17, 15) is 29.7 Å². The number of allylic oxidation sites excluding steroid dienone is 1. The molecule has 36 heavy (non-hydrogen) atoms. The van der Waals surface area contributed by atoms with Crippen molar-refractivity contribution in [1.82, 2.24) is 10.6 Å². The van der Waals surface area contributed by atoms with Crippen molar-refractivity contribution in [1.29, 1.82) is 0 Å². The van der Waals surface area contributed by atoms with Gasteiger partial charge >= 0.3 is 5.97 Å². The van der Waals surface area contributed by atoms with E-state index in [1.54, 1.807) is 6.08 Å². The quantitative estimate of drug-likeness (QED) is 0.223. The number of nitrogens with one attached hydrogen (secondary N) is 2. The van der Waals surface area contributed by atoms with Gasteiger partial charge in [-0.15, -0.1) is 0 Å². The Hall–Kier alpha value is -2.79. The third-order valence-corrected chi connectivity index (χ3v) is 5.72. The summed E-state index contributed by atoms with van der Waals surface area (Å²) in [7, 11) is 1.17. The lowest BCUT2D eigenvalue weighted by molar-refractivity contribution is -0.151. The van der Waals surface area contributed by atoms with E-state index in [2.05, 4.69) is 10.6 Å². The highest BCUT2D eigenvalue weighted by Gasteiger charge is 2.37. The summed E-state index contributed by atoms with van der Waals surface area (Å²) in [6.07, 6.45) is -3.34. The minimum absolute atomic E-state index is 0.104. The highest BCUT2D eigenvalue weighted by molar-refractivity contribution is 5.89. The van der Waals surface area contributed by atoms with Gasteiger partial charge in [0.1, 0.15) is 30.5 Å². The first kappa shape index (κ1) is 29.4. The third-order valence-electron chi connectivity index (χ3n) is 5.72. The number of ether oxygens (including phenoxy) is 2. The summed E-state index contributed by atoms with van der Waals surface area (Å²) in [6.45, 7) is 5.80. The van der Waals surface area contributed by atoms with Crippen LogP contribution in [-0.4, -0.2) is 83.3 Å². The van der Waals surface area contributed by atoms with Crippen LogP contribution >= 0.6 is 0 Å². The molecular weight excluding hydrogens is 468 g/mol. The SMILES string of the molecule is CO[C@@H](C(=O)N[C@H]1CC[C@@H](OC(=O)Cc2ccccc2)CNC1=O)[C@H](O)[C@@H](O)[C@H](O)/C=C/C(C)(C)C. The molecule has 6 atom stereocenters. The number of methoxy groups -OCH3 is 1. The van der Waals surface area contributed by atoms with Crippen molar-refractivity contribution in [2.24, 2.45) is 5.41 Å². The molecule has 2 rings (SSSR count). The number of rotatable bonds is 10. The lowest BCUT2D eigenvalue weighted by atomic mass is 9.94. The topological polar surface area (TPSA) is 154 Å². The Kier molecular flexibility index (Phi) is 11.0. The molecule has 1 aromatic carbocycles. The number of aliphatic hydroxyl groups is 3. The van der Waals surface area contributed by atoms with Gasteiger partial charge in [0.15, 0.2) is 6.10 Å². The average molecular weight is 507 g/mol. The van der Waals surface area contributed by atoms with E-state index in [0.717, 1.165) is 5.56 Å². The fourth-order valence-electron chi connectivity index (χ4n) is 3.69. The number of aliphatic hydroxyl groups excluding tert-OH is 3. The van der Waals surface area contributed by atoms with E-state index in [1.807, 2.05) is 51.1 Å². The van der Waals surface area contributed by atoms with Crippen molar-refractivity contribution in [3.8, 4) is 0 Å². The molecule has 1 aliphatic rings. The highest BCUT2D eigenvalue weighted by atomic mass is 16.5. The van der Waals surface area contributed by atoms with Crippen molar-refractivity contribution in [3.63, 3.8) is 0 Å². The summed E-state index contributed by atoms with van der Waals surface area (Å²) < 4.78 is 10.6. The zero-order valence-corrected chi connectivity index (χ0v) is 21.2. The van der Waals surface area contributed by atoms with Gasteiger partial charge < -0.3 is 35.4 Å². The Morgan fingerprint density at radius 2 is 1.81 bits per heavy atom. The molecule has 0 aromatic heterocycles. The zero-order valence-electron chi connectivity index (χ0n) is 21.2. The van der Waals surface area contributed by atoms with Crippen LogP contribution in [0.4, 0.5) is 0 Å². The maximum absolute atomic E-state index is 12.8. The molecule has 0 spiro atoms. The molecule has 0 aliphatic carbocycles. The zero-order chi connectivity index (χ0) is 26.9. The molecular formula is C26H38N2O8. The Balaban J connectivity index is 1.92. The summed E-state index contributed by atoms with van der Waals surface area (Å²) >= 11 is 0. The first-order chi connectivity index (χ1) is 16.9. The fourth-order valence-corrected chi connectivity index (χ4v) is 3.69. The van der Waals surface area contributed by atoms with Crippen LogP contribution in [0.5, 0.6) is 0 Å². The van der Waals surface area contributed by atoms with Gasteiger partial charge in [-0.05, 0) is 23.8 Å². The predicted molar refractivity (Wildman–Crippen MR) is 132 cm³/mol. The van der Waals surface area contributed by atoms with E-state index < -0.39 is 54.3 Å². The molecule has 200 valence electrons. The predicted octanol–water partition coefficient (Wildman–Crippen LogP) is 0.236. The first-order valence-electron chi connectivity index (χ1n) is 12.0. The molecule has 10 nitrogen and oxygen atoms in total. The summed E-state index contributed by atoms with van der Waals surface area (Å²) in [4.78, 5) is 37.5. The number of amides is 2. The van der Waals surface area contributed by atoms with Gasteiger partial charge in [0.25, 0.3) is 5.91 Å². The van der Waals surface area contributed by atoms with Crippen LogP contribution in [0.25, 0.3) is 0 Å². The second kappa shape index (κ2) is 13.5. The Bertz CT molecular complexity index is 899. The molecule has 0 radical (unpaired) electrons. The Labute approximate surface area is 211 Å². The van der Waals surface area contributed by atoms with Crippen molar-refractivity contribution in [2.75, 3.05) is 13.7 Å².